The number of fused-ring (bicyclic) bond motifs is 1. The number of benzene rings is 2. The summed E-state index contributed by atoms with van der Waals surface area (Å²) in [5.74, 6) is -10.4. The number of unbranched alkanes of at least 4 members (excludes halogenated alkanes) is 1. The van der Waals surface area contributed by atoms with Crippen molar-refractivity contribution in [3.63, 3.8) is 0 Å². The lowest BCUT2D eigenvalue weighted by atomic mass is 10.0. The van der Waals surface area contributed by atoms with Crippen molar-refractivity contribution in [2.45, 2.75) is 119 Å². The molecule has 25 heteroatoms. The summed E-state index contributed by atoms with van der Waals surface area (Å²) in [6.07, 6.45) is 0.853. The predicted molar refractivity (Wildman–Crippen MR) is 257 cm³/mol. The van der Waals surface area contributed by atoms with Crippen LogP contribution in [0.3, 0.4) is 0 Å². The zero-order valence-corrected chi connectivity index (χ0v) is 39.6. The van der Waals surface area contributed by atoms with E-state index in [2.05, 4.69) is 36.9 Å². The van der Waals surface area contributed by atoms with Crippen LogP contribution in [0.4, 0.5) is 0 Å². The van der Waals surface area contributed by atoms with Gasteiger partial charge in [-0.3, -0.25) is 47.9 Å². The molecular weight excluding hydrogens is 941 g/mol. The number of carboxylic acid groups (broad SMARTS) is 2. The molecule has 390 valence electrons. The summed E-state index contributed by atoms with van der Waals surface area (Å²) >= 11 is 0. The number of H-pyrrole nitrogens is 1. The molecule has 1 aliphatic rings. The molecule has 1 aliphatic heterocycles. The maximum absolute atomic E-state index is 14.7. The molecule has 1 fully saturated rings. The van der Waals surface area contributed by atoms with Crippen molar-refractivity contribution in [3.05, 3.63) is 71.9 Å². The number of hydrogen-bond acceptors (Lipinski definition) is 13. The Morgan fingerprint density at radius 2 is 1.31 bits per heavy atom. The van der Waals surface area contributed by atoms with Gasteiger partial charge in [-0.05, 0) is 68.7 Å². The van der Waals surface area contributed by atoms with Gasteiger partial charge in [0.25, 0.3) is 0 Å². The molecule has 0 spiro atoms. The SMILES string of the molecule is NCCCC[C@H](NC(=O)[C@@H]1CCCN1C(=O)[C@H](Cc1ccccc1)NC(=O)[C@H](Cc1c[nH]c2ccccc12)NC(=O)CNC(=O)[C@H](CCC(N)=O)NC(=O)[C@@H](N)CCC(N)=O)C(=O)N[C@@H](CC(=O)O)C(=O)O. The largest absolute Gasteiger partial charge is 0.481 e. The maximum atomic E-state index is 14.7. The van der Waals surface area contributed by atoms with Gasteiger partial charge in [0.05, 0.1) is 19.0 Å². The average Bonchev–Trinajstić information content (AvgIpc) is 4.00. The molecule has 25 nitrogen and oxygen atoms in total. The quantitative estimate of drug-likeness (QED) is 0.0297. The normalized spacial score (nSPS) is 15.6. The molecule has 0 saturated carbocycles. The number of hydrogen-bond donors (Lipinski definition) is 13. The Labute approximate surface area is 413 Å². The lowest BCUT2D eigenvalue weighted by Gasteiger charge is -2.31. The number of aromatic amines is 1. The Morgan fingerprint density at radius 3 is 1.97 bits per heavy atom. The van der Waals surface area contributed by atoms with Crippen molar-refractivity contribution in [3.8, 4) is 0 Å². The van der Waals surface area contributed by atoms with E-state index in [1.165, 1.54) is 4.90 Å². The van der Waals surface area contributed by atoms with Gasteiger partial charge in [-0.15, -0.1) is 0 Å². The third kappa shape index (κ3) is 17.8. The van der Waals surface area contributed by atoms with Crippen LogP contribution < -0.4 is 54.8 Å². The fourth-order valence-electron chi connectivity index (χ4n) is 8.03. The number of nitrogens with one attached hydrogen (secondary N) is 7. The maximum Gasteiger partial charge on any atom is 0.326 e. The third-order valence-corrected chi connectivity index (χ3v) is 11.8. The van der Waals surface area contributed by atoms with Gasteiger partial charge < -0.3 is 74.9 Å². The summed E-state index contributed by atoms with van der Waals surface area (Å²) in [6.45, 7) is -0.413. The van der Waals surface area contributed by atoms with Crippen LogP contribution in [0, 0.1) is 0 Å². The Bertz CT molecular complexity index is 2430. The molecule has 1 aromatic heterocycles. The Hall–Kier alpha value is -7.93. The minimum absolute atomic E-state index is 0.00951. The highest BCUT2D eigenvalue weighted by molar-refractivity contribution is 5.98. The van der Waals surface area contributed by atoms with Crippen molar-refractivity contribution >= 4 is 76.0 Å². The molecule has 9 amide bonds. The van der Waals surface area contributed by atoms with Crippen molar-refractivity contribution in [2.24, 2.45) is 22.9 Å². The van der Waals surface area contributed by atoms with E-state index in [-0.39, 0.29) is 64.5 Å². The molecule has 4 rings (SSSR count). The van der Waals surface area contributed by atoms with Crippen LogP contribution in [-0.4, -0.2) is 147 Å². The van der Waals surface area contributed by atoms with E-state index in [0.29, 0.717) is 30.4 Å². The van der Waals surface area contributed by atoms with Gasteiger partial charge in [-0.25, -0.2) is 4.79 Å². The predicted octanol–water partition coefficient (Wildman–Crippen LogP) is -2.97. The number of rotatable bonds is 30. The minimum atomic E-state index is -1.79. The van der Waals surface area contributed by atoms with Gasteiger partial charge in [0.15, 0.2) is 0 Å². The number of carbonyl (C=O) groups excluding carboxylic acids is 9. The fourth-order valence-corrected chi connectivity index (χ4v) is 8.03. The van der Waals surface area contributed by atoms with Crippen LogP contribution in [0.5, 0.6) is 0 Å². The van der Waals surface area contributed by atoms with Gasteiger partial charge in [-0.1, -0.05) is 48.5 Å². The van der Waals surface area contributed by atoms with Crippen LogP contribution in [0.1, 0.15) is 75.3 Å². The van der Waals surface area contributed by atoms with Gasteiger partial charge >= 0.3 is 11.9 Å². The summed E-state index contributed by atoms with van der Waals surface area (Å²) in [6, 6.07) is 6.19. The van der Waals surface area contributed by atoms with Crippen LogP contribution in [0.15, 0.2) is 60.8 Å². The fraction of sp³-hybridized carbons (Fsp3) is 0.468. The first kappa shape index (κ1) is 56.7. The minimum Gasteiger partial charge on any atom is -0.481 e. The Balaban J connectivity index is 1.58. The van der Waals surface area contributed by atoms with Crippen molar-refractivity contribution in [1.29, 1.82) is 0 Å². The molecule has 72 heavy (non-hydrogen) atoms. The monoisotopic (exact) mass is 1000 g/mol. The van der Waals surface area contributed by atoms with E-state index in [4.69, 9.17) is 22.9 Å². The zero-order valence-electron chi connectivity index (χ0n) is 39.6. The Morgan fingerprint density at radius 1 is 0.681 bits per heavy atom. The number of likely N-dealkylation sites (tertiary alicyclic amines) is 1. The Kier molecular flexibility index (Phi) is 22.1. The summed E-state index contributed by atoms with van der Waals surface area (Å²) < 4.78 is 0. The molecule has 0 unspecified atom stereocenters. The van der Waals surface area contributed by atoms with E-state index < -0.39 is 120 Å². The summed E-state index contributed by atoms with van der Waals surface area (Å²) in [7, 11) is 0. The second-order valence-electron chi connectivity index (χ2n) is 17.4. The van der Waals surface area contributed by atoms with E-state index in [9.17, 15) is 63.0 Å². The molecule has 2 heterocycles. The van der Waals surface area contributed by atoms with Crippen LogP contribution in [0.2, 0.25) is 0 Å². The molecule has 7 atom stereocenters. The number of amides is 9. The third-order valence-electron chi connectivity index (χ3n) is 11.8. The number of carboxylic acids is 2. The first-order valence-electron chi connectivity index (χ1n) is 23.4. The van der Waals surface area contributed by atoms with Gasteiger partial charge in [0.2, 0.25) is 53.2 Å². The number of aliphatic carboxylic acids is 2. The summed E-state index contributed by atoms with van der Waals surface area (Å²) in [5, 5.41) is 34.4. The smallest absolute Gasteiger partial charge is 0.326 e. The first-order chi connectivity index (χ1) is 34.3. The van der Waals surface area contributed by atoms with Crippen LogP contribution >= 0.6 is 0 Å². The number of nitrogens with zero attached hydrogens (tertiary/aromatic N) is 1. The molecule has 0 bridgehead atoms. The average molecular weight is 1010 g/mol. The van der Waals surface area contributed by atoms with Gasteiger partial charge in [0.1, 0.15) is 36.3 Å². The lowest BCUT2D eigenvalue weighted by Crippen LogP contribution is -2.59. The van der Waals surface area contributed by atoms with Gasteiger partial charge in [-0.2, -0.15) is 0 Å². The van der Waals surface area contributed by atoms with Crippen LogP contribution in [-0.2, 0) is 65.6 Å². The summed E-state index contributed by atoms with van der Waals surface area (Å²) in [5.41, 5.74) is 23.9. The highest BCUT2D eigenvalue weighted by Crippen LogP contribution is 2.22. The highest BCUT2D eigenvalue weighted by Gasteiger charge is 2.40. The van der Waals surface area contributed by atoms with Crippen molar-refractivity contribution in [1.82, 2.24) is 41.8 Å². The second kappa shape index (κ2) is 28.1. The number of primary amides is 2. The van der Waals surface area contributed by atoms with Gasteiger partial charge in [0, 0.05) is 49.3 Å². The topological polar surface area (TPSA) is 424 Å². The number of aromatic nitrogens is 1. The van der Waals surface area contributed by atoms with E-state index in [1.54, 1.807) is 60.8 Å². The standard InChI is InChI=1S/C47H64N12O13/c48-19-7-6-13-31(43(67)58-35(47(71)72)23-40(63)64)56-45(69)36-14-8-20-59(36)46(70)34(21-26-9-2-1-3-10-26)57-44(68)33(22-27-24-52-30-12-5-4-11-28(27)30)54-39(62)25-53-42(66)32(16-18-38(51)61)55-41(65)29(49)15-17-37(50)60/h1-5,9-12,24,29,31-36,52H,6-8,13-23,25,48-49H2,(H2,50,60)(H2,51,61)(H,53,66)(H,54,62)(H,55,65)(H,56,69)(H,57,68)(H,58,67)(H,63,64)(H,71,72)/t29-,31-,32-,33-,34-,35-,36-/m0/s1. The highest BCUT2D eigenvalue weighted by atomic mass is 16.4. The second-order valence-corrected chi connectivity index (χ2v) is 17.4. The summed E-state index contributed by atoms with van der Waals surface area (Å²) in [4.78, 5) is 147. The number of nitrogens with two attached hydrogens (primary N) is 4. The molecule has 0 aliphatic carbocycles. The van der Waals surface area contributed by atoms with E-state index in [1.807, 2.05) is 0 Å². The molecule has 1 saturated heterocycles. The molecule has 17 N–H and O–H groups in total. The first-order valence-corrected chi connectivity index (χ1v) is 23.4. The van der Waals surface area contributed by atoms with E-state index >= 15 is 0 Å². The number of carbonyl (C=O) groups is 11. The molecule has 2 aromatic carbocycles. The zero-order chi connectivity index (χ0) is 52.9. The molecule has 0 radical (unpaired) electrons. The number of para-hydroxylation sites is 1. The van der Waals surface area contributed by atoms with Crippen molar-refractivity contribution < 1.29 is 63.0 Å². The molecule has 3 aromatic rings. The van der Waals surface area contributed by atoms with Crippen molar-refractivity contribution in [2.75, 3.05) is 19.6 Å². The van der Waals surface area contributed by atoms with E-state index in [0.717, 1.165) is 10.9 Å². The van der Waals surface area contributed by atoms with Crippen LogP contribution in [0.25, 0.3) is 10.9 Å². The lowest BCUT2D eigenvalue weighted by molar-refractivity contribution is -0.147. The molecular formula is C47H64N12O13.